The first-order valence-corrected chi connectivity index (χ1v) is 7.99. The van der Waals surface area contributed by atoms with Crippen molar-refractivity contribution < 1.29 is 27.5 Å². The van der Waals surface area contributed by atoms with Gasteiger partial charge in [0.1, 0.15) is 5.75 Å². The molecular weight excluding hydrogens is 337 g/mol. The van der Waals surface area contributed by atoms with Crippen molar-refractivity contribution in [3.8, 4) is 5.75 Å². The fraction of sp³-hybridized carbons (Fsp3) is 0.529. The lowest BCUT2D eigenvalue weighted by atomic mass is 10.1. The molecule has 8 heteroatoms. The van der Waals surface area contributed by atoms with Crippen LogP contribution in [0.25, 0.3) is 0 Å². The minimum absolute atomic E-state index is 0.0276. The number of ether oxygens (including phenoxy) is 1. The van der Waals surface area contributed by atoms with Gasteiger partial charge in [-0.25, -0.2) is 0 Å². The molecule has 0 atom stereocenters. The zero-order chi connectivity index (χ0) is 18.9. The quantitative estimate of drug-likeness (QED) is 0.515. The van der Waals surface area contributed by atoms with E-state index in [2.05, 4.69) is 5.32 Å². The highest BCUT2D eigenvalue weighted by molar-refractivity contribution is 5.95. The molecule has 0 aromatic heterocycles. The highest BCUT2D eigenvalue weighted by atomic mass is 19.4. The topological polar surface area (TPSA) is 58.6 Å². The van der Waals surface area contributed by atoms with Crippen LogP contribution in [0.15, 0.2) is 24.3 Å². The van der Waals surface area contributed by atoms with Crippen LogP contribution in [-0.2, 0) is 4.79 Å². The third-order valence-corrected chi connectivity index (χ3v) is 3.36. The molecule has 1 amide bonds. The number of Topliss-reactive ketones (excluding diaryl/α,β-unsaturated/α-hetero) is 1. The van der Waals surface area contributed by atoms with Gasteiger partial charge in [0.05, 0.1) is 6.54 Å². The van der Waals surface area contributed by atoms with Crippen molar-refractivity contribution in [1.29, 1.82) is 0 Å². The molecule has 1 rings (SSSR count). The summed E-state index contributed by atoms with van der Waals surface area (Å²) in [4.78, 5) is 24.3. The molecule has 0 saturated heterocycles. The smallest absolute Gasteiger partial charge is 0.401 e. The lowest BCUT2D eigenvalue weighted by Crippen LogP contribution is -2.34. The monoisotopic (exact) mass is 360 g/mol. The summed E-state index contributed by atoms with van der Waals surface area (Å²) in [6, 6.07) is 6.50. The lowest BCUT2D eigenvalue weighted by Gasteiger charge is -2.18. The van der Waals surface area contributed by atoms with Gasteiger partial charge in [-0.3, -0.25) is 14.5 Å². The summed E-state index contributed by atoms with van der Waals surface area (Å²) in [6.07, 6.45) is -3.39. The first-order chi connectivity index (χ1) is 11.7. The Morgan fingerprint density at radius 3 is 2.40 bits per heavy atom. The largest absolute Gasteiger partial charge is 0.484 e. The van der Waals surface area contributed by atoms with Gasteiger partial charge in [0.15, 0.2) is 12.4 Å². The van der Waals surface area contributed by atoms with Gasteiger partial charge in [-0.15, -0.1) is 0 Å². The van der Waals surface area contributed by atoms with Gasteiger partial charge in [-0.1, -0.05) is 6.92 Å². The summed E-state index contributed by atoms with van der Waals surface area (Å²) >= 11 is 0. The number of nitrogens with zero attached hydrogens (tertiary/aromatic N) is 1. The van der Waals surface area contributed by atoms with Crippen molar-refractivity contribution in [3.05, 3.63) is 29.8 Å². The first-order valence-electron chi connectivity index (χ1n) is 7.99. The van der Waals surface area contributed by atoms with Crippen molar-refractivity contribution in [3.63, 3.8) is 0 Å². The summed E-state index contributed by atoms with van der Waals surface area (Å²) in [5, 5.41) is 2.58. The molecule has 25 heavy (non-hydrogen) atoms. The summed E-state index contributed by atoms with van der Waals surface area (Å²) in [5.74, 6) is 0.139. The molecule has 0 heterocycles. The van der Waals surface area contributed by atoms with Gasteiger partial charge in [0.25, 0.3) is 5.91 Å². The predicted molar refractivity (Wildman–Crippen MR) is 87.7 cm³/mol. The molecule has 5 nitrogen and oxygen atoms in total. The third-order valence-electron chi connectivity index (χ3n) is 3.36. The molecule has 1 aromatic carbocycles. The van der Waals surface area contributed by atoms with Crippen LogP contribution < -0.4 is 10.1 Å². The van der Waals surface area contributed by atoms with E-state index in [0.29, 0.717) is 24.2 Å². The third kappa shape index (κ3) is 9.09. The second-order valence-electron chi connectivity index (χ2n) is 5.65. The maximum atomic E-state index is 12.1. The second kappa shape index (κ2) is 10.0. The zero-order valence-corrected chi connectivity index (χ0v) is 14.4. The Morgan fingerprint density at radius 1 is 1.20 bits per heavy atom. The van der Waals surface area contributed by atoms with Crippen molar-refractivity contribution in [2.75, 3.05) is 33.3 Å². The van der Waals surface area contributed by atoms with Crippen LogP contribution in [0.1, 0.15) is 30.1 Å². The number of nitrogens with one attached hydrogen (secondary N) is 1. The summed E-state index contributed by atoms with van der Waals surface area (Å²) in [5.41, 5.74) is 0.585. The average Bonchev–Trinajstić information content (AvgIpc) is 2.55. The number of halogens is 3. The molecular formula is C17H23F3N2O3. The molecule has 1 aromatic rings. The summed E-state index contributed by atoms with van der Waals surface area (Å²) < 4.78 is 41.7. The van der Waals surface area contributed by atoms with Crippen LogP contribution in [0.3, 0.4) is 0 Å². The predicted octanol–water partition coefficient (Wildman–Crippen LogP) is 2.66. The molecule has 0 bridgehead atoms. The average molecular weight is 360 g/mol. The van der Waals surface area contributed by atoms with Crippen LogP contribution in [-0.4, -0.2) is 56.1 Å². The summed E-state index contributed by atoms with van der Waals surface area (Å²) in [6.45, 7) is 1.11. The minimum Gasteiger partial charge on any atom is -0.484 e. The minimum atomic E-state index is -4.22. The van der Waals surface area contributed by atoms with Crippen LogP contribution in [0.2, 0.25) is 0 Å². The van der Waals surface area contributed by atoms with Crippen LogP contribution >= 0.6 is 0 Å². The van der Waals surface area contributed by atoms with Crippen LogP contribution in [0, 0.1) is 0 Å². The SMILES string of the molecule is CCC(=O)c1ccc(OCC(=O)NCCCN(C)CC(F)(F)F)cc1. The maximum Gasteiger partial charge on any atom is 0.401 e. The molecule has 140 valence electrons. The van der Waals surface area contributed by atoms with E-state index < -0.39 is 12.7 Å². The van der Waals surface area contributed by atoms with E-state index in [1.54, 1.807) is 31.2 Å². The van der Waals surface area contributed by atoms with Gasteiger partial charge < -0.3 is 10.1 Å². The van der Waals surface area contributed by atoms with Crippen LogP contribution in [0.4, 0.5) is 13.2 Å². The van der Waals surface area contributed by atoms with E-state index in [-0.39, 0.29) is 31.4 Å². The van der Waals surface area contributed by atoms with E-state index in [0.717, 1.165) is 4.90 Å². The van der Waals surface area contributed by atoms with Gasteiger partial charge in [-0.2, -0.15) is 13.2 Å². The second-order valence-corrected chi connectivity index (χ2v) is 5.65. The number of amides is 1. The van der Waals surface area contributed by atoms with Gasteiger partial charge >= 0.3 is 6.18 Å². The fourth-order valence-corrected chi connectivity index (χ4v) is 2.10. The Morgan fingerprint density at radius 2 is 1.84 bits per heavy atom. The molecule has 0 aliphatic rings. The van der Waals surface area contributed by atoms with Crippen molar-refractivity contribution in [2.45, 2.75) is 25.9 Å². The Hall–Kier alpha value is -2.09. The molecule has 0 aliphatic carbocycles. The molecule has 0 aliphatic heterocycles. The Bertz CT molecular complexity index is 559. The standard InChI is InChI=1S/C17H23F3N2O3/c1-3-15(23)13-5-7-14(8-6-13)25-11-16(24)21-9-4-10-22(2)12-17(18,19)20/h5-8H,3-4,9-12H2,1-2H3,(H,21,24). The highest BCUT2D eigenvalue weighted by Gasteiger charge is 2.28. The van der Waals surface area contributed by atoms with Gasteiger partial charge in [0, 0.05) is 18.5 Å². The van der Waals surface area contributed by atoms with Crippen molar-refractivity contribution >= 4 is 11.7 Å². The van der Waals surface area contributed by atoms with E-state index in [9.17, 15) is 22.8 Å². The molecule has 0 saturated carbocycles. The maximum absolute atomic E-state index is 12.1. The summed E-state index contributed by atoms with van der Waals surface area (Å²) in [7, 11) is 1.38. The molecule has 1 N–H and O–H groups in total. The number of benzene rings is 1. The van der Waals surface area contributed by atoms with Crippen molar-refractivity contribution in [2.24, 2.45) is 0 Å². The Labute approximate surface area is 145 Å². The van der Waals surface area contributed by atoms with E-state index in [1.807, 2.05) is 0 Å². The normalized spacial score (nSPS) is 11.4. The van der Waals surface area contributed by atoms with E-state index >= 15 is 0 Å². The molecule has 0 unspecified atom stereocenters. The number of ketones is 1. The molecule has 0 spiro atoms. The first kappa shape index (κ1) is 21.0. The number of carbonyl (C=O) groups is 2. The van der Waals surface area contributed by atoms with Gasteiger partial charge in [0.2, 0.25) is 0 Å². The highest BCUT2D eigenvalue weighted by Crippen LogP contribution is 2.15. The number of carbonyl (C=O) groups excluding carboxylic acids is 2. The molecule has 0 fully saturated rings. The number of rotatable bonds is 10. The van der Waals surface area contributed by atoms with Gasteiger partial charge in [-0.05, 0) is 44.3 Å². The molecule has 0 radical (unpaired) electrons. The van der Waals surface area contributed by atoms with E-state index in [1.165, 1.54) is 7.05 Å². The Balaban J connectivity index is 2.21. The van der Waals surface area contributed by atoms with Crippen molar-refractivity contribution in [1.82, 2.24) is 10.2 Å². The zero-order valence-electron chi connectivity index (χ0n) is 14.4. The number of hydrogen-bond acceptors (Lipinski definition) is 4. The van der Waals surface area contributed by atoms with Crippen LogP contribution in [0.5, 0.6) is 5.75 Å². The Kier molecular flexibility index (Phi) is 8.40. The van der Waals surface area contributed by atoms with E-state index in [4.69, 9.17) is 4.74 Å². The number of alkyl halides is 3. The lowest BCUT2D eigenvalue weighted by molar-refractivity contribution is -0.143. The number of hydrogen-bond donors (Lipinski definition) is 1. The fourth-order valence-electron chi connectivity index (χ4n) is 2.10.